The molecule has 1 fully saturated rings. The summed E-state index contributed by atoms with van der Waals surface area (Å²) >= 11 is 1.46. The Morgan fingerprint density at radius 2 is 2.15 bits per heavy atom. The Hall–Kier alpha value is -2.40. The van der Waals surface area contributed by atoms with Gasteiger partial charge in [0.25, 0.3) is 5.91 Å². The van der Waals surface area contributed by atoms with Crippen LogP contribution in [0, 0.1) is 12.8 Å². The summed E-state index contributed by atoms with van der Waals surface area (Å²) in [5.41, 5.74) is 10.1. The van der Waals surface area contributed by atoms with Crippen LogP contribution in [0.2, 0.25) is 0 Å². The molecule has 3 aromatic rings. The number of aryl methyl sites for hydroxylation is 2. The van der Waals surface area contributed by atoms with Gasteiger partial charge in [-0.2, -0.15) is 0 Å². The zero-order chi connectivity index (χ0) is 18.8. The number of benzene rings is 2. The van der Waals surface area contributed by atoms with Gasteiger partial charge >= 0.3 is 0 Å². The number of thiazole rings is 1. The van der Waals surface area contributed by atoms with Crippen molar-refractivity contribution in [3.8, 4) is 0 Å². The van der Waals surface area contributed by atoms with Crippen molar-refractivity contribution in [3.05, 3.63) is 59.2 Å². The Labute approximate surface area is 164 Å². The number of carbonyl (C=O) groups is 1. The highest BCUT2D eigenvalue weighted by atomic mass is 32.1. The van der Waals surface area contributed by atoms with Crippen LogP contribution in [0.25, 0.3) is 10.2 Å². The number of nitrogen functional groups attached to an aromatic ring is 1. The van der Waals surface area contributed by atoms with Crippen LogP contribution >= 0.6 is 11.3 Å². The maximum absolute atomic E-state index is 13.0. The third kappa shape index (κ3) is 3.98. The Balaban J connectivity index is 1.42. The first-order chi connectivity index (χ1) is 13.1. The molecule has 1 aromatic heterocycles. The van der Waals surface area contributed by atoms with E-state index < -0.39 is 0 Å². The lowest BCUT2D eigenvalue weighted by molar-refractivity contribution is 0.0668. The molecule has 1 amide bonds. The lowest BCUT2D eigenvalue weighted by Crippen LogP contribution is -2.40. The number of amides is 1. The number of anilines is 1. The van der Waals surface area contributed by atoms with Crippen molar-refractivity contribution in [2.45, 2.75) is 32.6 Å². The minimum Gasteiger partial charge on any atom is -0.375 e. The van der Waals surface area contributed by atoms with Crippen LogP contribution in [0.1, 0.15) is 40.7 Å². The fraction of sp³-hybridized carbons (Fsp3) is 0.364. The number of hydrogen-bond acceptors (Lipinski definition) is 4. The highest BCUT2D eigenvalue weighted by Gasteiger charge is 2.24. The summed E-state index contributed by atoms with van der Waals surface area (Å²) in [5.74, 6) is 0.685. The number of nitrogens with two attached hydrogens (primary N) is 1. The molecule has 1 aliphatic heterocycles. The van der Waals surface area contributed by atoms with Gasteiger partial charge in [-0.05, 0) is 67.9 Å². The highest BCUT2D eigenvalue weighted by Crippen LogP contribution is 2.27. The summed E-state index contributed by atoms with van der Waals surface area (Å²) in [4.78, 5) is 19.3. The fourth-order valence-corrected chi connectivity index (χ4v) is 4.71. The van der Waals surface area contributed by atoms with E-state index >= 15 is 0 Å². The zero-order valence-corrected chi connectivity index (χ0v) is 16.5. The van der Waals surface area contributed by atoms with Gasteiger partial charge < -0.3 is 10.6 Å². The standard InChI is InChI=1S/C22H25N3OS/c1-15-5-2-3-7-17(15)9-8-16-6-4-12-25(14-16)21(26)18-10-11-20-19(13-18)24-22(23)27-20/h2-3,5,7,10-11,13,16H,4,6,8-9,12,14H2,1H3,(H2,23,24)/t16-/m0/s1. The molecule has 0 saturated carbocycles. The van der Waals surface area contributed by atoms with Crippen molar-refractivity contribution in [2.75, 3.05) is 18.8 Å². The first kappa shape index (κ1) is 18.0. The molecule has 0 bridgehead atoms. The smallest absolute Gasteiger partial charge is 0.253 e. The van der Waals surface area contributed by atoms with E-state index in [2.05, 4.69) is 36.2 Å². The minimum atomic E-state index is 0.115. The molecular formula is C22H25N3OS. The molecule has 4 nitrogen and oxygen atoms in total. The molecule has 1 aliphatic rings. The highest BCUT2D eigenvalue weighted by molar-refractivity contribution is 7.22. The number of fused-ring (bicyclic) bond motifs is 1. The van der Waals surface area contributed by atoms with Gasteiger partial charge in [-0.1, -0.05) is 35.6 Å². The Morgan fingerprint density at radius 1 is 1.30 bits per heavy atom. The average molecular weight is 380 g/mol. The third-order valence-electron chi connectivity index (χ3n) is 5.54. The van der Waals surface area contributed by atoms with E-state index in [1.165, 1.54) is 28.9 Å². The van der Waals surface area contributed by atoms with Crippen LogP contribution in [0.3, 0.4) is 0 Å². The molecule has 4 rings (SSSR count). The van der Waals surface area contributed by atoms with Gasteiger partial charge in [-0.15, -0.1) is 0 Å². The topological polar surface area (TPSA) is 59.2 Å². The monoisotopic (exact) mass is 379 g/mol. The lowest BCUT2D eigenvalue weighted by atomic mass is 9.90. The SMILES string of the molecule is Cc1ccccc1CC[C@@H]1CCCN(C(=O)c2ccc3sc(N)nc3c2)C1. The van der Waals surface area contributed by atoms with Crippen molar-refractivity contribution in [1.29, 1.82) is 0 Å². The number of nitrogens with zero attached hydrogens (tertiary/aromatic N) is 2. The van der Waals surface area contributed by atoms with E-state index in [9.17, 15) is 4.79 Å². The molecule has 5 heteroatoms. The number of piperidine rings is 1. The molecule has 140 valence electrons. The van der Waals surface area contributed by atoms with Gasteiger partial charge in [-0.3, -0.25) is 4.79 Å². The van der Waals surface area contributed by atoms with Gasteiger partial charge in [0.2, 0.25) is 0 Å². The van der Waals surface area contributed by atoms with E-state index in [4.69, 9.17) is 5.73 Å². The summed E-state index contributed by atoms with van der Waals surface area (Å²) < 4.78 is 1.03. The van der Waals surface area contributed by atoms with E-state index in [0.717, 1.165) is 42.6 Å². The summed E-state index contributed by atoms with van der Waals surface area (Å²) in [6.07, 6.45) is 4.51. The van der Waals surface area contributed by atoms with Crippen molar-refractivity contribution >= 4 is 32.6 Å². The maximum Gasteiger partial charge on any atom is 0.253 e. The Bertz CT molecular complexity index is 965. The van der Waals surface area contributed by atoms with Crippen LogP contribution in [-0.2, 0) is 6.42 Å². The summed E-state index contributed by atoms with van der Waals surface area (Å²) in [5, 5.41) is 0.545. The lowest BCUT2D eigenvalue weighted by Gasteiger charge is -2.33. The van der Waals surface area contributed by atoms with Crippen molar-refractivity contribution < 1.29 is 4.79 Å². The number of likely N-dealkylation sites (tertiary alicyclic amines) is 1. The predicted molar refractivity (Wildman–Crippen MR) is 112 cm³/mol. The van der Waals surface area contributed by atoms with Crippen molar-refractivity contribution in [1.82, 2.24) is 9.88 Å². The first-order valence-corrected chi connectivity index (χ1v) is 10.4. The van der Waals surface area contributed by atoms with E-state index in [0.29, 0.717) is 16.6 Å². The Kier molecular flexibility index (Phi) is 5.12. The second-order valence-corrected chi connectivity index (χ2v) is 8.52. The van der Waals surface area contributed by atoms with Crippen LogP contribution < -0.4 is 5.73 Å². The van der Waals surface area contributed by atoms with Crippen LogP contribution in [0.5, 0.6) is 0 Å². The normalized spacial score (nSPS) is 17.4. The molecule has 0 spiro atoms. The largest absolute Gasteiger partial charge is 0.375 e. The molecule has 0 unspecified atom stereocenters. The van der Waals surface area contributed by atoms with Crippen molar-refractivity contribution in [2.24, 2.45) is 5.92 Å². The van der Waals surface area contributed by atoms with Crippen LogP contribution in [0.4, 0.5) is 5.13 Å². The third-order valence-corrected chi connectivity index (χ3v) is 6.41. The number of aromatic nitrogens is 1. The molecule has 0 aliphatic carbocycles. The van der Waals surface area contributed by atoms with E-state index in [1.807, 2.05) is 23.1 Å². The quantitative estimate of drug-likeness (QED) is 0.716. The number of rotatable bonds is 4. The zero-order valence-electron chi connectivity index (χ0n) is 15.6. The maximum atomic E-state index is 13.0. The van der Waals surface area contributed by atoms with Gasteiger partial charge in [0, 0.05) is 18.7 Å². The van der Waals surface area contributed by atoms with Crippen LogP contribution in [-0.4, -0.2) is 28.9 Å². The number of hydrogen-bond donors (Lipinski definition) is 1. The summed E-state index contributed by atoms with van der Waals surface area (Å²) in [6, 6.07) is 14.3. The number of carbonyl (C=O) groups excluding carboxylic acids is 1. The minimum absolute atomic E-state index is 0.115. The molecule has 2 aromatic carbocycles. The van der Waals surface area contributed by atoms with Crippen LogP contribution in [0.15, 0.2) is 42.5 Å². The second-order valence-electron chi connectivity index (χ2n) is 7.46. The summed E-state index contributed by atoms with van der Waals surface area (Å²) in [6.45, 7) is 3.87. The van der Waals surface area contributed by atoms with Gasteiger partial charge in [0.15, 0.2) is 5.13 Å². The fourth-order valence-electron chi connectivity index (χ4n) is 4.00. The first-order valence-electron chi connectivity index (χ1n) is 9.60. The molecule has 1 atom stereocenters. The molecule has 2 N–H and O–H groups in total. The van der Waals surface area contributed by atoms with Gasteiger partial charge in [0.05, 0.1) is 10.2 Å². The van der Waals surface area contributed by atoms with Gasteiger partial charge in [0.1, 0.15) is 0 Å². The second kappa shape index (κ2) is 7.69. The molecular weight excluding hydrogens is 354 g/mol. The van der Waals surface area contributed by atoms with Gasteiger partial charge in [-0.25, -0.2) is 4.98 Å². The summed E-state index contributed by atoms with van der Waals surface area (Å²) in [7, 11) is 0. The Morgan fingerprint density at radius 3 is 3.00 bits per heavy atom. The molecule has 1 saturated heterocycles. The predicted octanol–water partition coefficient (Wildman–Crippen LogP) is 4.67. The van der Waals surface area contributed by atoms with E-state index in [1.54, 1.807) is 0 Å². The molecule has 0 radical (unpaired) electrons. The molecule has 2 heterocycles. The van der Waals surface area contributed by atoms with E-state index in [-0.39, 0.29) is 5.91 Å². The average Bonchev–Trinajstić information content (AvgIpc) is 3.06. The van der Waals surface area contributed by atoms with Crippen molar-refractivity contribution in [3.63, 3.8) is 0 Å². The molecule has 27 heavy (non-hydrogen) atoms.